The Kier molecular flexibility index (Phi) is 8.22. The number of hydrogen-bond donors (Lipinski definition) is 0. The maximum Gasteiger partial charge on any atom is 0.292 e. The lowest BCUT2D eigenvalue weighted by molar-refractivity contribution is -0.126. The molecule has 0 fully saturated rings. The summed E-state index contributed by atoms with van der Waals surface area (Å²) in [7, 11) is 1.31. The Morgan fingerprint density at radius 1 is 1.25 bits per heavy atom. The van der Waals surface area contributed by atoms with Crippen LogP contribution in [0.5, 0.6) is 0 Å². The van der Waals surface area contributed by atoms with Gasteiger partial charge in [-0.25, -0.2) is 0 Å². The van der Waals surface area contributed by atoms with Gasteiger partial charge in [-0.3, -0.25) is 4.79 Å². The first-order valence-electron chi connectivity index (χ1n) is 5.62. The first-order chi connectivity index (χ1) is 7.60. The SMILES string of the molecule is COC=O.Cc1ccc(CCC(C)C)cc1. The second-order valence-electron chi connectivity index (χ2n) is 4.25. The largest absolute Gasteiger partial charge is 0.471 e. The average molecular weight is 222 g/mol. The van der Waals surface area contributed by atoms with Gasteiger partial charge < -0.3 is 4.74 Å². The molecule has 0 saturated carbocycles. The van der Waals surface area contributed by atoms with Crippen molar-refractivity contribution >= 4 is 6.47 Å². The summed E-state index contributed by atoms with van der Waals surface area (Å²) in [6, 6.07) is 8.85. The van der Waals surface area contributed by atoms with Crippen molar-refractivity contribution in [2.45, 2.75) is 33.6 Å². The molecule has 0 heterocycles. The van der Waals surface area contributed by atoms with Gasteiger partial charge in [0.05, 0.1) is 7.11 Å². The van der Waals surface area contributed by atoms with E-state index in [0.29, 0.717) is 6.47 Å². The minimum Gasteiger partial charge on any atom is -0.471 e. The second kappa shape index (κ2) is 8.96. The van der Waals surface area contributed by atoms with Crippen LogP contribution in [-0.4, -0.2) is 13.6 Å². The lowest BCUT2D eigenvalue weighted by atomic mass is 10.0. The molecule has 0 radical (unpaired) electrons. The van der Waals surface area contributed by atoms with Gasteiger partial charge in [0.2, 0.25) is 0 Å². The zero-order valence-corrected chi connectivity index (χ0v) is 10.7. The van der Waals surface area contributed by atoms with Gasteiger partial charge in [-0.2, -0.15) is 0 Å². The Hall–Kier alpha value is -1.31. The van der Waals surface area contributed by atoms with Crippen LogP contribution in [0.15, 0.2) is 24.3 Å². The molecular formula is C14H22O2. The van der Waals surface area contributed by atoms with E-state index in [1.165, 1.54) is 31.1 Å². The van der Waals surface area contributed by atoms with Crippen molar-refractivity contribution in [1.29, 1.82) is 0 Å². The fourth-order valence-corrected chi connectivity index (χ4v) is 1.21. The Bertz CT molecular complexity index is 275. The molecule has 0 aliphatic heterocycles. The third-order valence-electron chi connectivity index (χ3n) is 2.23. The number of ether oxygens (including phenoxy) is 1. The van der Waals surface area contributed by atoms with Crippen molar-refractivity contribution in [3.8, 4) is 0 Å². The molecule has 1 aromatic carbocycles. The summed E-state index contributed by atoms with van der Waals surface area (Å²) in [6.07, 6.45) is 2.51. The van der Waals surface area contributed by atoms with E-state index in [2.05, 4.69) is 49.8 Å². The number of rotatable bonds is 4. The quantitative estimate of drug-likeness (QED) is 0.730. The monoisotopic (exact) mass is 222 g/mol. The molecule has 2 heteroatoms. The van der Waals surface area contributed by atoms with E-state index < -0.39 is 0 Å². The second-order valence-corrected chi connectivity index (χ2v) is 4.25. The van der Waals surface area contributed by atoms with Crippen LogP contribution in [-0.2, 0) is 16.0 Å². The van der Waals surface area contributed by atoms with E-state index >= 15 is 0 Å². The molecule has 0 aromatic heterocycles. The zero-order valence-electron chi connectivity index (χ0n) is 10.7. The smallest absolute Gasteiger partial charge is 0.292 e. The number of methoxy groups -OCH3 is 1. The highest BCUT2D eigenvalue weighted by atomic mass is 16.5. The molecule has 16 heavy (non-hydrogen) atoms. The van der Waals surface area contributed by atoms with Crippen LogP contribution in [0.25, 0.3) is 0 Å². The molecule has 2 nitrogen and oxygen atoms in total. The molecule has 0 unspecified atom stereocenters. The van der Waals surface area contributed by atoms with E-state index in [9.17, 15) is 0 Å². The Morgan fingerprint density at radius 3 is 2.12 bits per heavy atom. The average Bonchev–Trinajstić information content (AvgIpc) is 2.28. The van der Waals surface area contributed by atoms with Crippen molar-refractivity contribution in [2.24, 2.45) is 5.92 Å². The summed E-state index contributed by atoms with van der Waals surface area (Å²) in [5, 5.41) is 0. The van der Waals surface area contributed by atoms with Crippen LogP contribution >= 0.6 is 0 Å². The molecule has 90 valence electrons. The molecule has 0 spiro atoms. The van der Waals surface area contributed by atoms with Crippen LogP contribution in [0.4, 0.5) is 0 Å². The molecule has 0 N–H and O–H groups in total. The van der Waals surface area contributed by atoms with Crippen LogP contribution < -0.4 is 0 Å². The summed E-state index contributed by atoms with van der Waals surface area (Å²) in [5.74, 6) is 0.811. The molecule has 1 rings (SSSR count). The van der Waals surface area contributed by atoms with Crippen molar-refractivity contribution in [3.05, 3.63) is 35.4 Å². The molecule has 0 aliphatic carbocycles. The van der Waals surface area contributed by atoms with Gasteiger partial charge in [0, 0.05) is 0 Å². The summed E-state index contributed by atoms with van der Waals surface area (Å²) >= 11 is 0. The lowest BCUT2D eigenvalue weighted by Crippen LogP contribution is -1.91. The first kappa shape index (κ1) is 14.7. The zero-order chi connectivity index (χ0) is 12.4. The minimum absolute atomic E-state index is 0.375. The van der Waals surface area contributed by atoms with Gasteiger partial charge in [0.25, 0.3) is 6.47 Å². The normalized spacial score (nSPS) is 9.31. The number of hydrogen-bond acceptors (Lipinski definition) is 2. The highest BCUT2D eigenvalue weighted by Gasteiger charge is 1.95. The van der Waals surface area contributed by atoms with E-state index in [1.54, 1.807) is 0 Å². The van der Waals surface area contributed by atoms with Crippen molar-refractivity contribution < 1.29 is 9.53 Å². The van der Waals surface area contributed by atoms with E-state index in [4.69, 9.17) is 4.79 Å². The molecule has 0 aliphatic rings. The third kappa shape index (κ3) is 8.04. The number of carbonyl (C=O) groups is 1. The first-order valence-corrected chi connectivity index (χ1v) is 5.62. The molecule has 0 bridgehead atoms. The highest BCUT2D eigenvalue weighted by Crippen LogP contribution is 2.09. The predicted molar refractivity (Wildman–Crippen MR) is 67.4 cm³/mol. The van der Waals surface area contributed by atoms with Crippen LogP contribution in [0, 0.1) is 12.8 Å². The van der Waals surface area contributed by atoms with Gasteiger partial charge in [0.1, 0.15) is 0 Å². The Balaban J connectivity index is 0.000000487. The summed E-state index contributed by atoms with van der Waals surface area (Å²) in [4.78, 5) is 8.95. The van der Waals surface area contributed by atoms with Crippen LogP contribution in [0.1, 0.15) is 31.4 Å². The van der Waals surface area contributed by atoms with Gasteiger partial charge in [-0.1, -0.05) is 43.7 Å². The number of aryl methyl sites for hydroxylation is 2. The third-order valence-corrected chi connectivity index (χ3v) is 2.23. The maximum atomic E-state index is 8.95. The molecule has 1 aromatic rings. The summed E-state index contributed by atoms with van der Waals surface area (Å²) in [5.41, 5.74) is 2.82. The maximum absolute atomic E-state index is 8.95. The van der Waals surface area contributed by atoms with E-state index in [-0.39, 0.29) is 0 Å². The van der Waals surface area contributed by atoms with Gasteiger partial charge >= 0.3 is 0 Å². The van der Waals surface area contributed by atoms with Crippen molar-refractivity contribution in [2.75, 3.05) is 7.11 Å². The molecular weight excluding hydrogens is 200 g/mol. The Morgan fingerprint density at radius 2 is 1.75 bits per heavy atom. The highest BCUT2D eigenvalue weighted by molar-refractivity contribution is 5.36. The molecule has 0 amide bonds. The van der Waals surface area contributed by atoms with E-state index in [1.807, 2.05) is 0 Å². The fraction of sp³-hybridized carbons (Fsp3) is 0.500. The van der Waals surface area contributed by atoms with Crippen LogP contribution in [0.2, 0.25) is 0 Å². The Labute approximate surface area is 98.6 Å². The van der Waals surface area contributed by atoms with Crippen LogP contribution in [0.3, 0.4) is 0 Å². The predicted octanol–water partition coefficient (Wildman–Crippen LogP) is 3.37. The van der Waals surface area contributed by atoms with E-state index in [0.717, 1.165) is 5.92 Å². The van der Waals surface area contributed by atoms with Gasteiger partial charge in [-0.15, -0.1) is 0 Å². The number of carbonyl (C=O) groups excluding carboxylic acids is 1. The van der Waals surface area contributed by atoms with Gasteiger partial charge in [-0.05, 0) is 31.2 Å². The number of benzene rings is 1. The molecule has 0 atom stereocenters. The van der Waals surface area contributed by atoms with Crippen molar-refractivity contribution in [1.82, 2.24) is 0 Å². The summed E-state index contributed by atoms with van der Waals surface area (Å²) < 4.78 is 3.86. The summed E-state index contributed by atoms with van der Waals surface area (Å²) in [6.45, 7) is 7.05. The van der Waals surface area contributed by atoms with Gasteiger partial charge in [0.15, 0.2) is 0 Å². The van der Waals surface area contributed by atoms with Crippen molar-refractivity contribution in [3.63, 3.8) is 0 Å². The topological polar surface area (TPSA) is 26.3 Å². The minimum atomic E-state index is 0.375. The fourth-order valence-electron chi connectivity index (χ4n) is 1.21. The lowest BCUT2D eigenvalue weighted by Gasteiger charge is -2.04. The standard InChI is InChI=1S/C12H18.C2H4O2/c1-10(2)4-7-12-8-5-11(3)6-9-12;1-4-2-3/h5-6,8-10H,4,7H2,1-3H3;2H,1H3. The molecule has 0 saturated heterocycles.